The van der Waals surface area contributed by atoms with Crippen LogP contribution in [0.2, 0.25) is 5.02 Å². The number of fused-ring (bicyclic) bond motifs is 2. The molecule has 3 rings (SSSR count). The van der Waals surface area contributed by atoms with E-state index < -0.39 is 0 Å². The predicted octanol–water partition coefficient (Wildman–Crippen LogP) is 2.96. The Kier molecular flexibility index (Phi) is 2.37. The van der Waals surface area contributed by atoms with Crippen LogP contribution in [-0.4, -0.2) is 13.1 Å². The number of nitrogens with zero attached hydrogens (tertiary/aromatic N) is 1. The van der Waals surface area contributed by atoms with Gasteiger partial charge in [0.05, 0.1) is 0 Å². The molecule has 1 aliphatic heterocycles. The summed E-state index contributed by atoms with van der Waals surface area (Å²) in [4.78, 5) is 2.40. The minimum atomic E-state index is 0.164. The molecule has 0 spiro atoms. The van der Waals surface area contributed by atoms with Gasteiger partial charge in [-0.05, 0) is 42.5 Å². The summed E-state index contributed by atoms with van der Waals surface area (Å²) in [5.74, 6) is 0.607. The lowest BCUT2D eigenvalue weighted by molar-refractivity contribution is 0.370. The fraction of sp³-hybridized carbons (Fsp3) is 0.538. The molecule has 0 saturated heterocycles. The Bertz CT molecular complexity index is 418. The second kappa shape index (κ2) is 3.64. The summed E-state index contributed by atoms with van der Waals surface area (Å²) in [7, 11) is 2.18. The van der Waals surface area contributed by atoms with Crippen molar-refractivity contribution in [3.63, 3.8) is 0 Å². The monoisotopic (exact) mass is 236 g/mol. The Labute approximate surface area is 101 Å². The van der Waals surface area contributed by atoms with Crippen LogP contribution in [0.3, 0.4) is 0 Å². The number of anilines is 1. The van der Waals surface area contributed by atoms with E-state index >= 15 is 0 Å². The van der Waals surface area contributed by atoms with Gasteiger partial charge >= 0.3 is 0 Å². The van der Waals surface area contributed by atoms with Crippen molar-refractivity contribution in [2.75, 3.05) is 11.9 Å². The van der Waals surface area contributed by atoms with E-state index in [1.54, 1.807) is 0 Å². The first-order valence-electron chi connectivity index (χ1n) is 5.96. The maximum atomic E-state index is 6.38. The third-order valence-corrected chi connectivity index (χ3v) is 4.45. The number of hydrogen-bond acceptors (Lipinski definition) is 2. The SMILES string of the molecule is CN1c2ccc(Cl)cc2C(N)C2CCCC21. The lowest BCUT2D eigenvalue weighted by atomic mass is 9.84. The molecule has 1 aromatic carbocycles. The molecular formula is C13H17ClN2. The Morgan fingerprint density at radius 2 is 2.19 bits per heavy atom. The molecule has 2 N–H and O–H groups in total. The van der Waals surface area contributed by atoms with Crippen LogP contribution in [-0.2, 0) is 0 Å². The van der Waals surface area contributed by atoms with Gasteiger partial charge < -0.3 is 10.6 Å². The molecule has 3 unspecified atom stereocenters. The molecule has 1 aromatic rings. The number of rotatable bonds is 0. The van der Waals surface area contributed by atoms with Gasteiger partial charge in [0.15, 0.2) is 0 Å². The standard InChI is InChI=1S/C13H17ClN2/c1-16-11-4-2-3-9(11)13(15)10-7-8(14)5-6-12(10)16/h5-7,9,11,13H,2-4,15H2,1H3. The van der Waals surface area contributed by atoms with Gasteiger partial charge in [-0.1, -0.05) is 18.0 Å². The van der Waals surface area contributed by atoms with Crippen molar-refractivity contribution >= 4 is 17.3 Å². The minimum absolute atomic E-state index is 0.164. The molecule has 1 heterocycles. The van der Waals surface area contributed by atoms with Crippen LogP contribution in [0.25, 0.3) is 0 Å². The Morgan fingerprint density at radius 3 is 3.00 bits per heavy atom. The maximum Gasteiger partial charge on any atom is 0.0415 e. The summed E-state index contributed by atoms with van der Waals surface area (Å²) < 4.78 is 0. The van der Waals surface area contributed by atoms with Gasteiger partial charge in [-0.2, -0.15) is 0 Å². The molecule has 2 nitrogen and oxygen atoms in total. The summed E-state index contributed by atoms with van der Waals surface area (Å²) in [6.45, 7) is 0. The molecule has 16 heavy (non-hydrogen) atoms. The fourth-order valence-electron chi connectivity index (χ4n) is 3.39. The molecule has 0 bridgehead atoms. The number of nitrogens with two attached hydrogens (primary N) is 1. The van der Waals surface area contributed by atoms with Crippen molar-refractivity contribution in [3.8, 4) is 0 Å². The lowest BCUT2D eigenvalue weighted by Gasteiger charge is -2.41. The third kappa shape index (κ3) is 1.36. The third-order valence-electron chi connectivity index (χ3n) is 4.22. The average molecular weight is 237 g/mol. The summed E-state index contributed by atoms with van der Waals surface area (Å²) in [6.07, 6.45) is 3.83. The van der Waals surface area contributed by atoms with Crippen LogP contribution in [0, 0.1) is 5.92 Å². The maximum absolute atomic E-state index is 6.38. The Balaban J connectivity index is 2.11. The van der Waals surface area contributed by atoms with Gasteiger partial charge in [-0.3, -0.25) is 0 Å². The van der Waals surface area contributed by atoms with Crippen molar-refractivity contribution in [1.29, 1.82) is 0 Å². The molecule has 3 atom stereocenters. The van der Waals surface area contributed by atoms with Gasteiger partial charge in [-0.25, -0.2) is 0 Å². The first kappa shape index (κ1) is 10.4. The highest BCUT2D eigenvalue weighted by Crippen LogP contribution is 2.46. The van der Waals surface area contributed by atoms with E-state index in [9.17, 15) is 0 Å². The van der Waals surface area contributed by atoms with Gasteiger partial charge in [0.25, 0.3) is 0 Å². The number of hydrogen-bond donors (Lipinski definition) is 1. The largest absolute Gasteiger partial charge is 0.371 e. The molecule has 3 heteroatoms. The van der Waals surface area contributed by atoms with Gasteiger partial charge in [0.1, 0.15) is 0 Å². The quantitative estimate of drug-likeness (QED) is 0.751. The molecule has 1 saturated carbocycles. The second-order valence-corrected chi connectivity index (χ2v) is 5.44. The number of halogens is 1. The van der Waals surface area contributed by atoms with Crippen molar-refractivity contribution in [2.24, 2.45) is 11.7 Å². The molecule has 1 fully saturated rings. The first-order chi connectivity index (χ1) is 7.68. The first-order valence-corrected chi connectivity index (χ1v) is 6.34. The van der Waals surface area contributed by atoms with Gasteiger partial charge in [0, 0.05) is 29.8 Å². The van der Waals surface area contributed by atoms with Crippen LogP contribution < -0.4 is 10.6 Å². The van der Waals surface area contributed by atoms with E-state index in [0.717, 1.165) is 5.02 Å². The van der Waals surface area contributed by atoms with E-state index in [1.165, 1.54) is 30.5 Å². The van der Waals surface area contributed by atoms with Crippen molar-refractivity contribution in [1.82, 2.24) is 0 Å². The van der Waals surface area contributed by atoms with Crippen LogP contribution in [0.4, 0.5) is 5.69 Å². The summed E-state index contributed by atoms with van der Waals surface area (Å²) in [5, 5.41) is 0.791. The van der Waals surface area contributed by atoms with E-state index in [-0.39, 0.29) is 6.04 Å². The zero-order chi connectivity index (χ0) is 11.3. The molecule has 0 aromatic heterocycles. The van der Waals surface area contributed by atoms with E-state index in [2.05, 4.69) is 18.0 Å². The Hall–Kier alpha value is -0.730. The zero-order valence-corrected chi connectivity index (χ0v) is 10.2. The van der Waals surface area contributed by atoms with Crippen LogP contribution in [0.1, 0.15) is 30.9 Å². The van der Waals surface area contributed by atoms with E-state index in [1.807, 2.05) is 12.1 Å². The average Bonchev–Trinajstić information content (AvgIpc) is 2.75. The zero-order valence-electron chi connectivity index (χ0n) is 9.49. The second-order valence-electron chi connectivity index (χ2n) is 5.00. The topological polar surface area (TPSA) is 29.3 Å². The minimum Gasteiger partial charge on any atom is -0.371 e. The highest BCUT2D eigenvalue weighted by Gasteiger charge is 2.40. The summed E-state index contributed by atoms with van der Waals surface area (Å²) >= 11 is 6.06. The van der Waals surface area contributed by atoms with Crippen molar-refractivity contribution in [3.05, 3.63) is 28.8 Å². The fourth-order valence-corrected chi connectivity index (χ4v) is 3.57. The molecule has 1 aliphatic carbocycles. The summed E-state index contributed by atoms with van der Waals surface area (Å²) in [5.41, 5.74) is 8.86. The van der Waals surface area contributed by atoms with E-state index in [0.29, 0.717) is 12.0 Å². The molecule has 2 aliphatic rings. The molecule has 86 valence electrons. The molecule has 0 amide bonds. The molecular weight excluding hydrogens is 220 g/mol. The van der Waals surface area contributed by atoms with Gasteiger partial charge in [-0.15, -0.1) is 0 Å². The smallest absolute Gasteiger partial charge is 0.0415 e. The molecule has 0 radical (unpaired) electrons. The van der Waals surface area contributed by atoms with E-state index in [4.69, 9.17) is 17.3 Å². The van der Waals surface area contributed by atoms with Gasteiger partial charge in [0.2, 0.25) is 0 Å². The van der Waals surface area contributed by atoms with Crippen molar-refractivity contribution in [2.45, 2.75) is 31.3 Å². The normalized spacial score (nSPS) is 32.4. The highest BCUT2D eigenvalue weighted by molar-refractivity contribution is 6.30. The van der Waals surface area contributed by atoms with Crippen LogP contribution in [0.15, 0.2) is 18.2 Å². The number of benzene rings is 1. The highest BCUT2D eigenvalue weighted by atomic mass is 35.5. The lowest BCUT2D eigenvalue weighted by Crippen LogP contribution is -2.44. The van der Waals surface area contributed by atoms with Crippen LogP contribution in [0.5, 0.6) is 0 Å². The summed E-state index contributed by atoms with van der Waals surface area (Å²) in [6, 6.07) is 6.89. The predicted molar refractivity (Wildman–Crippen MR) is 67.9 cm³/mol. The van der Waals surface area contributed by atoms with Crippen molar-refractivity contribution < 1.29 is 0 Å². The Morgan fingerprint density at radius 1 is 1.38 bits per heavy atom. The van der Waals surface area contributed by atoms with Crippen LogP contribution >= 0.6 is 11.6 Å².